The Labute approximate surface area is 182 Å². The van der Waals surface area contributed by atoms with Crippen molar-refractivity contribution in [3.05, 3.63) is 88.9 Å². The smallest absolute Gasteiger partial charge is 0.335 e. The summed E-state index contributed by atoms with van der Waals surface area (Å²) in [5.74, 6) is -1.77. The van der Waals surface area contributed by atoms with Gasteiger partial charge in [-0.05, 0) is 42.8 Å². The number of hydrogen-bond acceptors (Lipinski definition) is 4. The van der Waals surface area contributed by atoms with Crippen molar-refractivity contribution in [3.63, 3.8) is 0 Å². The van der Waals surface area contributed by atoms with Crippen LogP contribution in [0.4, 0.5) is 4.39 Å². The number of carbonyl (C=O) groups excluding carboxylic acids is 1. The molecule has 0 unspecified atom stereocenters. The van der Waals surface area contributed by atoms with Crippen LogP contribution in [0.2, 0.25) is 0 Å². The van der Waals surface area contributed by atoms with Gasteiger partial charge in [-0.25, -0.2) is 9.18 Å². The van der Waals surface area contributed by atoms with Crippen molar-refractivity contribution < 1.29 is 23.8 Å². The van der Waals surface area contributed by atoms with Crippen molar-refractivity contribution in [3.8, 4) is 5.75 Å². The van der Waals surface area contributed by atoms with Crippen LogP contribution in [-0.2, 0) is 11.3 Å². The number of hydrogen-bond donors (Lipinski definition) is 3. The second-order valence-electron chi connectivity index (χ2n) is 6.71. The molecule has 0 saturated heterocycles. The van der Waals surface area contributed by atoms with Gasteiger partial charge in [0.2, 0.25) is 0 Å². The maximum Gasteiger partial charge on any atom is 0.335 e. The number of aryl methyl sites for hydroxylation is 1. The fourth-order valence-electron chi connectivity index (χ4n) is 2.24. The molecule has 1 amide bonds. The molecule has 0 heterocycles. The number of carboxylic acids is 1. The van der Waals surface area contributed by atoms with Gasteiger partial charge in [0, 0.05) is 12.7 Å². The second kappa shape index (κ2) is 13.6. The highest BCUT2D eigenvalue weighted by Gasteiger charge is 2.12. The summed E-state index contributed by atoms with van der Waals surface area (Å²) in [5.41, 5.74) is 7.12. The summed E-state index contributed by atoms with van der Waals surface area (Å²) < 4.78 is 19.1. The van der Waals surface area contributed by atoms with Gasteiger partial charge in [0.15, 0.2) is 0 Å². The van der Waals surface area contributed by atoms with Gasteiger partial charge < -0.3 is 20.9 Å². The highest BCUT2D eigenvalue weighted by Crippen LogP contribution is 2.14. The number of ether oxygens (including phenoxy) is 1. The molecule has 0 aliphatic heterocycles. The van der Waals surface area contributed by atoms with Crippen LogP contribution in [0.15, 0.2) is 72.2 Å². The Balaban J connectivity index is 0.00000151. The molecule has 2 aromatic carbocycles. The lowest BCUT2D eigenvalue weighted by atomic mass is 10.1. The zero-order valence-corrected chi connectivity index (χ0v) is 18.0. The SMILES string of the molecule is CCC.Cc1ccc(OC/C(=C\C(F)=C/N)C(=O)NCc2ccc(C(=O)O)cc2)cc1. The number of halogens is 1. The predicted molar refractivity (Wildman–Crippen MR) is 119 cm³/mol. The summed E-state index contributed by atoms with van der Waals surface area (Å²) in [5, 5.41) is 11.6. The Kier molecular flexibility index (Phi) is 11.1. The van der Waals surface area contributed by atoms with Gasteiger partial charge >= 0.3 is 5.97 Å². The van der Waals surface area contributed by atoms with Crippen molar-refractivity contribution in [2.45, 2.75) is 33.7 Å². The van der Waals surface area contributed by atoms with Crippen LogP contribution in [0.1, 0.15) is 41.8 Å². The van der Waals surface area contributed by atoms with E-state index in [-0.39, 0.29) is 24.3 Å². The highest BCUT2D eigenvalue weighted by atomic mass is 19.1. The van der Waals surface area contributed by atoms with E-state index in [1.807, 2.05) is 19.1 Å². The molecule has 0 radical (unpaired) electrons. The minimum Gasteiger partial charge on any atom is -0.489 e. The number of allylic oxidation sites excluding steroid dienone is 2. The lowest BCUT2D eigenvalue weighted by molar-refractivity contribution is -0.118. The zero-order chi connectivity index (χ0) is 23.2. The first-order chi connectivity index (χ1) is 14.8. The van der Waals surface area contributed by atoms with Crippen LogP contribution in [-0.4, -0.2) is 23.6 Å². The van der Waals surface area contributed by atoms with Crippen molar-refractivity contribution in [2.24, 2.45) is 5.73 Å². The molecule has 0 spiro atoms. The number of carbonyl (C=O) groups is 2. The topological polar surface area (TPSA) is 102 Å². The van der Waals surface area contributed by atoms with Gasteiger partial charge in [-0.2, -0.15) is 0 Å². The molecule has 0 atom stereocenters. The predicted octanol–water partition coefficient (Wildman–Crippen LogP) is 4.50. The molecule has 0 saturated carbocycles. The quantitative estimate of drug-likeness (QED) is 0.424. The molecule has 7 heteroatoms. The first-order valence-corrected chi connectivity index (χ1v) is 9.88. The third kappa shape index (κ3) is 9.62. The molecule has 6 nitrogen and oxygen atoms in total. The summed E-state index contributed by atoms with van der Waals surface area (Å²) in [7, 11) is 0. The second-order valence-corrected chi connectivity index (χ2v) is 6.71. The van der Waals surface area contributed by atoms with Crippen LogP contribution in [0.5, 0.6) is 5.75 Å². The number of carboxylic acid groups (broad SMARTS) is 1. The minimum atomic E-state index is -1.03. The number of aromatic carboxylic acids is 1. The van der Waals surface area contributed by atoms with E-state index in [0.29, 0.717) is 11.3 Å². The molecule has 2 aromatic rings. The lowest BCUT2D eigenvalue weighted by Gasteiger charge is -2.11. The van der Waals surface area contributed by atoms with Crippen molar-refractivity contribution >= 4 is 11.9 Å². The Morgan fingerprint density at radius 1 is 1.10 bits per heavy atom. The molecular formula is C24H29FN2O4. The van der Waals surface area contributed by atoms with E-state index in [2.05, 4.69) is 19.2 Å². The Morgan fingerprint density at radius 3 is 2.19 bits per heavy atom. The molecular weight excluding hydrogens is 399 g/mol. The van der Waals surface area contributed by atoms with Gasteiger partial charge in [-0.15, -0.1) is 0 Å². The first-order valence-electron chi connectivity index (χ1n) is 9.88. The maximum absolute atomic E-state index is 13.6. The molecule has 0 bridgehead atoms. The number of nitrogens with two attached hydrogens (primary N) is 1. The van der Waals surface area contributed by atoms with E-state index in [1.165, 1.54) is 18.6 Å². The molecule has 2 rings (SSSR count). The molecule has 0 fully saturated rings. The Morgan fingerprint density at radius 2 is 1.68 bits per heavy atom. The summed E-state index contributed by atoms with van der Waals surface area (Å²) in [6.45, 7) is 6.19. The van der Waals surface area contributed by atoms with E-state index >= 15 is 0 Å². The van der Waals surface area contributed by atoms with Crippen molar-refractivity contribution in [2.75, 3.05) is 6.61 Å². The number of rotatable bonds is 8. The molecule has 166 valence electrons. The average molecular weight is 429 g/mol. The molecule has 0 aromatic heterocycles. The monoisotopic (exact) mass is 428 g/mol. The fraction of sp³-hybridized carbons (Fsp3) is 0.250. The van der Waals surface area contributed by atoms with Gasteiger partial charge in [0.1, 0.15) is 18.2 Å². The summed E-state index contributed by atoms with van der Waals surface area (Å²) >= 11 is 0. The third-order valence-corrected chi connectivity index (χ3v) is 3.83. The van der Waals surface area contributed by atoms with E-state index < -0.39 is 17.7 Å². The van der Waals surface area contributed by atoms with Gasteiger partial charge in [0.05, 0.1) is 11.1 Å². The number of amides is 1. The zero-order valence-electron chi connectivity index (χ0n) is 18.0. The van der Waals surface area contributed by atoms with Gasteiger partial charge in [0.25, 0.3) is 5.91 Å². The van der Waals surface area contributed by atoms with Crippen LogP contribution in [0.25, 0.3) is 0 Å². The van der Waals surface area contributed by atoms with E-state index in [9.17, 15) is 14.0 Å². The first kappa shape index (κ1) is 25.4. The molecule has 0 aliphatic carbocycles. The lowest BCUT2D eigenvalue weighted by Crippen LogP contribution is -2.27. The van der Waals surface area contributed by atoms with Crippen molar-refractivity contribution in [1.29, 1.82) is 0 Å². The standard InChI is InChI=1S/C21H21FN2O4.C3H8/c1-14-2-8-19(9-3-14)28-13-17(10-18(22)11-23)20(25)24-12-15-4-6-16(7-5-15)21(26)27;1-3-2/h2-11H,12-13,23H2,1H3,(H,24,25)(H,26,27);3H2,1-2H3/b17-10+,18-11+;. The normalized spacial score (nSPS) is 11.2. The summed E-state index contributed by atoms with van der Waals surface area (Å²) in [6, 6.07) is 13.3. The number of nitrogens with one attached hydrogen (secondary N) is 1. The highest BCUT2D eigenvalue weighted by molar-refractivity contribution is 5.94. The van der Waals surface area contributed by atoms with Crippen LogP contribution in [0, 0.1) is 6.92 Å². The Bertz CT molecular complexity index is 904. The summed E-state index contributed by atoms with van der Waals surface area (Å²) in [4.78, 5) is 23.3. The van der Waals surface area contributed by atoms with Crippen LogP contribution >= 0.6 is 0 Å². The largest absolute Gasteiger partial charge is 0.489 e. The fourth-order valence-corrected chi connectivity index (χ4v) is 2.24. The molecule has 4 N–H and O–H groups in total. The minimum absolute atomic E-state index is 0.0573. The maximum atomic E-state index is 13.6. The van der Waals surface area contributed by atoms with Crippen molar-refractivity contribution in [1.82, 2.24) is 5.32 Å². The van der Waals surface area contributed by atoms with Gasteiger partial charge in [-0.3, -0.25) is 4.79 Å². The Hall–Kier alpha value is -3.61. The summed E-state index contributed by atoms with van der Waals surface area (Å²) in [6.07, 6.45) is 3.01. The third-order valence-electron chi connectivity index (χ3n) is 3.83. The van der Waals surface area contributed by atoms with E-state index in [4.69, 9.17) is 15.6 Å². The number of benzene rings is 2. The van der Waals surface area contributed by atoms with E-state index in [0.717, 1.165) is 17.8 Å². The molecule has 0 aliphatic rings. The van der Waals surface area contributed by atoms with Crippen LogP contribution in [0.3, 0.4) is 0 Å². The average Bonchev–Trinajstić information content (AvgIpc) is 2.76. The van der Waals surface area contributed by atoms with Gasteiger partial charge in [-0.1, -0.05) is 50.1 Å². The molecule has 31 heavy (non-hydrogen) atoms. The van der Waals surface area contributed by atoms with Crippen LogP contribution < -0.4 is 15.8 Å². The van der Waals surface area contributed by atoms with E-state index in [1.54, 1.807) is 24.3 Å².